The van der Waals surface area contributed by atoms with Gasteiger partial charge in [0, 0.05) is 18.0 Å². The maximum Gasteiger partial charge on any atom is 0.258 e. The molecular formula is C22H21Cl2N5O2S. The highest BCUT2D eigenvalue weighted by atomic mass is 35.5. The summed E-state index contributed by atoms with van der Waals surface area (Å²) in [6.07, 6.45) is 1.49. The number of thioether (sulfide) groups is 1. The lowest BCUT2D eigenvalue weighted by molar-refractivity contribution is 0.309. The van der Waals surface area contributed by atoms with Crippen LogP contribution < -0.4 is 10.3 Å². The molecule has 166 valence electrons. The van der Waals surface area contributed by atoms with Crippen LogP contribution >= 0.6 is 35.0 Å². The molecule has 0 bridgehead atoms. The molecule has 4 aromatic rings. The van der Waals surface area contributed by atoms with E-state index in [2.05, 4.69) is 31.7 Å². The van der Waals surface area contributed by atoms with Crippen molar-refractivity contribution >= 4 is 45.9 Å². The van der Waals surface area contributed by atoms with Crippen molar-refractivity contribution in [1.29, 1.82) is 0 Å². The molecule has 0 radical (unpaired) electrons. The fourth-order valence-electron chi connectivity index (χ4n) is 3.27. The third-order valence-corrected chi connectivity index (χ3v) is 6.31. The second-order valence-corrected chi connectivity index (χ2v) is 8.77. The van der Waals surface area contributed by atoms with Gasteiger partial charge < -0.3 is 14.3 Å². The van der Waals surface area contributed by atoms with Gasteiger partial charge in [-0.1, -0.05) is 47.1 Å². The largest absolute Gasteiger partial charge is 0.492 e. The molecule has 0 fully saturated rings. The number of nitrogens with one attached hydrogen (secondary N) is 1. The molecule has 0 saturated heterocycles. The number of nitrogens with zero attached hydrogens (tertiary/aromatic N) is 4. The van der Waals surface area contributed by atoms with Gasteiger partial charge in [0.25, 0.3) is 5.56 Å². The Hall–Kier alpha value is -2.55. The lowest BCUT2D eigenvalue weighted by atomic mass is 10.2. The number of halogens is 2. The van der Waals surface area contributed by atoms with Crippen LogP contribution in [0, 0.1) is 0 Å². The number of rotatable bonds is 9. The van der Waals surface area contributed by atoms with Gasteiger partial charge in [-0.25, -0.2) is 4.98 Å². The molecule has 0 spiro atoms. The van der Waals surface area contributed by atoms with E-state index in [1.807, 2.05) is 18.2 Å². The van der Waals surface area contributed by atoms with Gasteiger partial charge in [-0.3, -0.25) is 4.79 Å². The van der Waals surface area contributed by atoms with Gasteiger partial charge in [0.15, 0.2) is 5.16 Å². The van der Waals surface area contributed by atoms with Gasteiger partial charge in [-0.05, 0) is 43.7 Å². The third kappa shape index (κ3) is 5.26. The smallest absolute Gasteiger partial charge is 0.258 e. The zero-order valence-corrected chi connectivity index (χ0v) is 19.7. The Labute approximate surface area is 199 Å². The number of aryl methyl sites for hydroxylation is 1. The number of H-pyrrole nitrogens is 1. The first-order valence-electron chi connectivity index (χ1n) is 10.2. The standard InChI is InChI=1S/C22H21Cl2N5O2S/c1-2-29-20(8-5-11-31-18-10-9-14(23)12-16(18)24)27-28-22(29)32-13-19-25-17-7-4-3-6-15(17)21(30)26-19/h3-4,6-7,9-10,12H,2,5,8,11,13H2,1H3,(H,25,26,30). The molecule has 0 aliphatic carbocycles. The Kier molecular flexibility index (Phi) is 7.34. The highest BCUT2D eigenvalue weighted by Crippen LogP contribution is 2.27. The lowest BCUT2D eigenvalue weighted by Gasteiger charge is -2.09. The van der Waals surface area contributed by atoms with E-state index in [4.69, 9.17) is 27.9 Å². The quantitative estimate of drug-likeness (QED) is 0.258. The molecule has 0 unspecified atom stereocenters. The van der Waals surface area contributed by atoms with Gasteiger partial charge >= 0.3 is 0 Å². The number of hydrogen-bond donors (Lipinski definition) is 1. The number of aromatic amines is 1. The molecule has 0 saturated carbocycles. The zero-order chi connectivity index (χ0) is 22.5. The van der Waals surface area contributed by atoms with Crippen LogP contribution in [0.3, 0.4) is 0 Å². The Morgan fingerprint density at radius 3 is 2.81 bits per heavy atom. The fraction of sp³-hybridized carbons (Fsp3) is 0.273. The molecule has 32 heavy (non-hydrogen) atoms. The second kappa shape index (κ2) is 10.4. The summed E-state index contributed by atoms with van der Waals surface area (Å²) in [7, 11) is 0. The second-order valence-electron chi connectivity index (χ2n) is 6.99. The maximum absolute atomic E-state index is 12.3. The van der Waals surface area contributed by atoms with Gasteiger partial charge in [-0.2, -0.15) is 0 Å². The third-order valence-electron chi connectivity index (χ3n) is 4.81. The summed E-state index contributed by atoms with van der Waals surface area (Å²) in [4.78, 5) is 19.7. The number of aromatic nitrogens is 5. The molecule has 7 nitrogen and oxygen atoms in total. The monoisotopic (exact) mass is 489 g/mol. The van der Waals surface area contributed by atoms with Crippen molar-refractivity contribution in [3.63, 3.8) is 0 Å². The predicted octanol–water partition coefficient (Wildman–Crippen LogP) is 5.15. The molecule has 1 N–H and O–H groups in total. The normalized spacial score (nSPS) is 11.2. The van der Waals surface area contributed by atoms with Crippen molar-refractivity contribution in [2.24, 2.45) is 0 Å². The van der Waals surface area contributed by atoms with E-state index in [1.54, 1.807) is 24.3 Å². The summed E-state index contributed by atoms with van der Waals surface area (Å²) >= 11 is 13.5. The van der Waals surface area contributed by atoms with Crippen molar-refractivity contribution in [3.8, 4) is 5.75 Å². The highest BCUT2D eigenvalue weighted by molar-refractivity contribution is 7.98. The highest BCUT2D eigenvalue weighted by Gasteiger charge is 2.13. The van der Waals surface area contributed by atoms with Crippen molar-refractivity contribution < 1.29 is 4.74 Å². The van der Waals surface area contributed by atoms with Crippen molar-refractivity contribution in [1.82, 2.24) is 24.7 Å². The minimum atomic E-state index is -0.135. The summed E-state index contributed by atoms with van der Waals surface area (Å²) in [6.45, 7) is 3.30. The zero-order valence-electron chi connectivity index (χ0n) is 17.3. The van der Waals surface area contributed by atoms with Crippen LogP contribution in [0.2, 0.25) is 10.0 Å². The van der Waals surface area contributed by atoms with Crippen LogP contribution in [0.1, 0.15) is 25.0 Å². The van der Waals surface area contributed by atoms with E-state index in [-0.39, 0.29) is 5.56 Å². The molecule has 4 rings (SSSR count). The first-order chi connectivity index (χ1) is 15.5. The van der Waals surface area contributed by atoms with Gasteiger partial charge in [0.1, 0.15) is 17.4 Å². The van der Waals surface area contributed by atoms with Crippen LogP contribution in [0.5, 0.6) is 5.75 Å². The Balaban J connectivity index is 1.36. The molecule has 0 atom stereocenters. The number of ether oxygens (including phenoxy) is 1. The minimum absolute atomic E-state index is 0.135. The minimum Gasteiger partial charge on any atom is -0.492 e. The molecule has 0 aliphatic heterocycles. The molecule has 0 aliphatic rings. The number of hydrogen-bond acceptors (Lipinski definition) is 6. The van der Waals surface area contributed by atoms with Crippen molar-refractivity contribution in [3.05, 3.63) is 74.5 Å². The topological polar surface area (TPSA) is 85.7 Å². The van der Waals surface area contributed by atoms with Crippen LogP contribution in [-0.4, -0.2) is 31.3 Å². The summed E-state index contributed by atoms with van der Waals surface area (Å²) in [6, 6.07) is 12.5. The molecule has 2 aromatic carbocycles. The van der Waals surface area contributed by atoms with Crippen LogP contribution in [-0.2, 0) is 18.7 Å². The Morgan fingerprint density at radius 2 is 2.00 bits per heavy atom. The van der Waals surface area contributed by atoms with Crippen LogP contribution in [0.4, 0.5) is 0 Å². The van der Waals surface area contributed by atoms with E-state index < -0.39 is 0 Å². The number of benzene rings is 2. The summed E-state index contributed by atoms with van der Waals surface area (Å²) in [5.74, 6) is 2.61. The van der Waals surface area contributed by atoms with E-state index in [0.717, 1.165) is 30.4 Å². The average molecular weight is 490 g/mol. The van der Waals surface area contributed by atoms with Crippen molar-refractivity contribution in [2.45, 2.75) is 37.2 Å². The number of fused-ring (bicyclic) bond motifs is 1. The molecule has 2 heterocycles. The van der Waals surface area contributed by atoms with E-state index in [1.165, 1.54) is 11.8 Å². The van der Waals surface area contributed by atoms with E-state index in [0.29, 0.717) is 44.9 Å². The van der Waals surface area contributed by atoms with Crippen molar-refractivity contribution in [2.75, 3.05) is 6.61 Å². The lowest BCUT2D eigenvalue weighted by Crippen LogP contribution is -2.11. The maximum atomic E-state index is 12.3. The Bertz CT molecular complexity index is 1290. The van der Waals surface area contributed by atoms with Gasteiger partial charge in [0.2, 0.25) is 0 Å². The van der Waals surface area contributed by atoms with E-state index in [9.17, 15) is 4.79 Å². The summed E-state index contributed by atoms with van der Waals surface area (Å²) in [5.41, 5.74) is 0.551. The van der Waals surface area contributed by atoms with Crippen LogP contribution in [0.15, 0.2) is 52.4 Å². The summed E-state index contributed by atoms with van der Waals surface area (Å²) < 4.78 is 7.82. The molecule has 10 heteroatoms. The Morgan fingerprint density at radius 1 is 1.16 bits per heavy atom. The number of para-hydroxylation sites is 1. The average Bonchev–Trinajstić information content (AvgIpc) is 3.18. The van der Waals surface area contributed by atoms with Gasteiger partial charge in [0.05, 0.1) is 28.3 Å². The fourth-order valence-corrected chi connectivity index (χ4v) is 4.62. The summed E-state index contributed by atoms with van der Waals surface area (Å²) in [5, 5.41) is 11.1. The predicted molar refractivity (Wildman–Crippen MR) is 128 cm³/mol. The first kappa shape index (κ1) is 22.6. The van der Waals surface area contributed by atoms with E-state index >= 15 is 0 Å². The molecular weight excluding hydrogens is 469 g/mol. The molecule has 0 amide bonds. The molecule has 2 aromatic heterocycles. The van der Waals surface area contributed by atoms with Crippen LogP contribution in [0.25, 0.3) is 10.9 Å². The SMILES string of the molecule is CCn1c(CCCOc2ccc(Cl)cc2Cl)nnc1SCc1nc2ccccc2c(=O)[nH]1. The van der Waals surface area contributed by atoms with Gasteiger partial charge in [-0.15, -0.1) is 10.2 Å². The first-order valence-corrected chi connectivity index (χ1v) is 11.9.